The van der Waals surface area contributed by atoms with E-state index >= 15 is 0 Å². The summed E-state index contributed by atoms with van der Waals surface area (Å²) >= 11 is 0. The molecule has 0 amide bonds. The first-order chi connectivity index (χ1) is 7.35. The van der Waals surface area contributed by atoms with Crippen molar-refractivity contribution in [3.63, 3.8) is 0 Å². The van der Waals surface area contributed by atoms with Crippen molar-refractivity contribution in [3.8, 4) is 0 Å². The molecule has 1 unspecified atom stereocenters. The SMILES string of the molecule is CCCCCCCCCC(C=O)CC=O. The summed E-state index contributed by atoms with van der Waals surface area (Å²) in [6, 6.07) is 0. The highest BCUT2D eigenvalue weighted by molar-refractivity contribution is 5.61. The Balaban J connectivity index is 3.21. The molecule has 1 atom stereocenters. The molecular weight excluding hydrogens is 188 g/mol. The zero-order valence-corrected chi connectivity index (χ0v) is 9.91. The lowest BCUT2D eigenvalue weighted by atomic mass is 9.99. The van der Waals surface area contributed by atoms with Gasteiger partial charge in [-0.2, -0.15) is 0 Å². The fourth-order valence-electron chi connectivity index (χ4n) is 1.73. The maximum absolute atomic E-state index is 10.5. The quantitative estimate of drug-likeness (QED) is 0.388. The van der Waals surface area contributed by atoms with Crippen LogP contribution in [0.3, 0.4) is 0 Å². The van der Waals surface area contributed by atoms with Crippen molar-refractivity contribution in [1.29, 1.82) is 0 Å². The van der Waals surface area contributed by atoms with Crippen molar-refractivity contribution in [2.24, 2.45) is 5.92 Å². The van der Waals surface area contributed by atoms with Crippen LogP contribution < -0.4 is 0 Å². The van der Waals surface area contributed by atoms with Gasteiger partial charge < -0.3 is 9.59 Å². The van der Waals surface area contributed by atoms with Gasteiger partial charge in [0.1, 0.15) is 12.6 Å². The topological polar surface area (TPSA) is 34.1 Å². The number of unbranched alkanes of at least 4 members (excludes halogenated alkanes) is 6. The minimum absolute atomic E-state index is 0.0295. The van der Waals surface area contributed by atoms with Crippen molar-refractivity contribution in [2.45, 2.75) is 64.7 Å². The van der Waals surface area contributed by atoms with Gasteiger partial charge in [0.25, 0.3) is 0 Å². The van der Waals surface area contributed by atoms with Gasteiger partial charge in [0.2, 0.25) is 0 Å². The highest BCUT2D eigenvalue weighted by Crippen LogP contribution is 2.13. The molecule has 2 nitrogen and oxygen atoms in total. The van der Waals surface area contributed by atoms with E-state index < -0.39 is 0 Å². The van der Waals surface area contributed by atoms with Crippen LogP contribution in [0.1, 0.15) is 64.7 Å². The number of carbonyl (C=O) groups excluding carboxylic acids is 2. The normalized spacial score (nSPS) is 12.3. The second kappa shape index (κ2) is 11.4. The summed E-state index contributed by atoms with van der Waals surface area (Å²) in [5, 5.41) is 0. The van der Waals surface area contributed by atoms with Gasteiger partial charge in [0.15, 0.2) is 0 Å². The smallest absolute Gasteiger partial charge is 0.123 e. The van der Waals surface area contributed by atoms with Gasteiger partial charge in [-0.15, -0.1) is 0 Å². The average molecular weight is 212 g/mol. The molecule has 0 heterocycles. The minimum atomic E-state index is -0.0295. The molecule has 0 N–H and O–H groups in total. The van der Waals surface area contributed by atoms with E-state index in [1.165, 1.54) is 38.5 Å². The fraction of sp³-hybridized carbons (Fsp3) is 0.846. The summed E-state index contributed by atoms with van der Waals surface area (Å²) in [6.45, 7) is 2.22. The standard InChI is InChI=1S/C13H24O2/c1-2-3-4-5-6-7-8-9-13(12-15)10-11-14/h11-13H,2-10H2,1H3. The number of hydrogen-bond donors (Lipinski definition) is 0. The van der Waals surface area contributed by atoms with E-state index in [9.17, 15) is 9.59 Å². The van der Waals surface area contributed by atoms with Crippen LogP contribution in [0.15, 0.2) is 0 Å². The van der Waals surface area contributed by atoms with Crippen LogP contribution in [0, 0.1) is 5.92 Å². The predicted octanol–water partition coefficient (Wildman–Crippen LogP) is 3.53. The Bertz CT molecular complexity index is 155. The van der Waals surface area contributed by atoms with Crippen LogP contribution in [-0.4, -0.2) is 12.6 Å². The first-order valence-corrected chi connectivity index (χ1v) is 6.24. The second-order valence-electron chi connectivity index (χ2n) is 4.21. The molecule has 0 aliphatic heterocycles. The van der Waals surface area contributed by atoms with Crippen LogP contribution in [0.2, 0.25) is 0 Å². The lowest BCUT2D eigenvalue weighted by molar-refractivity contribution is -0.115. The summed E-state index contributed by atoms with van der Waals surface area (Å²) in [5.74, 6) is -0.0295. The summed E-state index contributed by atoms with van der Waals surface area (Å²) in [7, 11) is 0. The van der Waals surface area contributed by atoms with Gasteiger partial charge in [-0.25, -0.2) is 0 Å². The molecule has 0 rings (SSSR count). The number of aldehydes is 2. The largest absolute Gasteiger partial charge is 0.303 e. The second-order valence-corrected chi connectivity index (χ2v) is 4.21. The summed E-state index contributed by atoms with van der Waals surface area (Å²) in [4.78, 5) is 20.8. The summed E-state index contributed by atoms with van der Waals surface area (Å²) < 4.78 is 0. The molecule has 0 aliphatic carbocycles. The Kier molecular flexibility index (Phi) is 10.9. The van der Waals surface area contributed by atoms with Crippen LogP contribution in [0.4, 0.5) is 0 Å². The molecule has 2 heteroatoms. The molecule has 15 heavy (non-hydrogen) atoms. The number of carbonyl (C=O) groups is 2. The van der Waals surface area contributed by atoms with Crippen LogP contribution >= 0.6 is 0 Å². The van der Waals surface area contributed by atoms with Gasteiger partial charge in [-0.1, -0.05) is 51.9 Å². The Morgan fingerprint density at radius 1 is 0.933 bits per heavy atom. The summed E-state index contributed by atoms with van der Waals surface area (Å²) in [6.07, 6.45) is 11.9. The molecular formula is C13H24O2. The van der Waals surface area contributed by atoms with E-state index in [1.807, 2.05) is 0 Å². The number of rotatable bonds is 11. The van der Waals surface area contributed by atoms with Crippen molar-refractivity contribution in [3.05, 3.63) is 0 Å². The molecule has 0 saturated heterocycles. The van der Waals surface area contributed by atoms with Gasteiger partial charge >= 0.3 is 0 Å². The molecule has 0 spiro atoms. The monoisotopic (exact) mass is 212 g/mol. The third kappa shape index (κ3) is 9.64. The molecule has 0 fully saturated rings. The molecule has 0 radical (unpaired) electrons. The molecule has 0 aromatic rings. The lowest BCUT2D eigenvalue weighted by Gasteiger charge is -2.05. The summed E-state index contributed by atoms with van der Waals surface area (Å²) in [5.41, 5.74) is 0. The molecule has 0 aromatic carbocycles. The molecule has 0 bridgehead atoms. The highest BCUT2D eigenvalue weighted by atomic mass is 16.1. The predicted molar refractivity (Wildman–Crippen MR) is 62.8 cm³/mol. The Morgan fingerprint density at radius 3 is 2.07 bits per heavy atom. The van der Waals surface area contributed by atoms with E-state index in [0.29, 0.717) is 6.42 Å². The van der Waals surface area contributed by atoms with Gasteiger partial charge in [-0.3, -0.25) is 0 Å². The first kappa shape index (κ1) is 14.3. The Hall–Kier alpha value is -0.660. The van der Waals surface area contributed by atoms with E-state index in [4.69, 9.17) is 0 Å². The third-order valence-electron chi connectivity index (χ3n) is 2.77. The van der Waals surface area contributed by atoms with E-state index in [0.717, 1.165) is 25.4 Å². The molecule has 0 saturated carbocycles. The molecule has 88 valence electrons. The van der Waals surface area contributed by atoms with Crippen molar-refractivity contribution in [1.82, 2.24) is 0 Å². The van der Waals surface area contributed by atoms with Gasteiger partial charge in [-0.05, 0) is 6.42 Å². The maximum atomic E-state index is 10.5. The minimum Gasteiger partial charge on any atom is -0.303 e. The van der Waals surface area contributed by atoms with Gasteiger partial charge in [0.05, 0.1) is 0 Å². The zero-order valence-electron chi connectivity index (χ0n) is 9.91. The van der Waals surface area contributed by atoms with E-state index in [-0.39, 0.29) is 5.92 Å². The Morgan fingerprint density at radius 2 is 1.53 bits per heavy atom. The van der Waals surface area contributed by atoms with E-state index in [1.54, 1.807) is 0 Å². The van der Waals surface area contributed by atoms with Crippen LogP contribution in [-0.2, 0) is 9.59 Å². The lowest BCUT2D eigenvalue weighted by Crippen LogP contribution is -2.02. The number of hydrogen-bond acceptors (Lipinski definition) is 2. The maximum Gasteiger partial charge on any atom is 0.123 e. The Labute approximate surface area is 93.4 Å². The van der Waals surface area contributed by atoms with E-state index in [2.05, 4.69) is 6.92 Å². The van der Waals surface area contributed by atoms with Crippen molar-refractivity contribution in [2.75, 3.05) is 0 Å². The molecule has 0 aromatic heterocycles. The highest BCUT2D eigenvalue weighted by Gasteiger charge is 2.05. The molecule has 0 aliphatic rings. The van der Waals surface area contributed by atoms with Gasteiger partial charge in [0, 0.05) is 12.3 Å². The van der Waals surface area contributed by atoms with Crippen molar-refractivity contribution < 1.29 is 9.59 Å². The fourth-order valence-corrected chi connectivity index (χ4v) is 1.73. The average Bonchev–Trinajstić information content (AvgIpc) is 2.26. The first-order valence-electron chi connectivity index (χ1n) is 6.24. The van der Waals surface area contributed by atoms with Crippen molar-refractivity contribution >= 4 is 12.6 Å². The van der Waals surface area contributed by atoms with Crippen LogP contribution in [0.25, 0.3) is 0 Å². The van der Waals surface area contributed by atoms with Crippen LogP contribution in [0.5, 0.6) is 0 Å². The zero-order chi connectivity index (χ0) is 11.4. The third-order valence-corrected chi connectivity index (χ3v) is 2.77.